The minimum Gasteiger partial charge on any atom is -0.263 e. The molecule has 0 aliphatic carbocycles. The predicted octanol–water partition coefficient (Wildman–Crippen LogP) is 2.29. The summed E-state index contributed by atoms with van der Waals surface area (Å²) < 4.78 is 0. The van der Waals surface area contributed by atoms with Gasteiger partial charge in [0.2, 0.25) is 0 Å². The van der Waals surface area contributed by atoms with E-state index in [1.807, 2.05) is 13.0 Å². The average Bonchev–Trinajstić information content (AvgIpc) is 2.66. The zero-order chi connectivity index (χ0) is 10.5. The Morgan fingerprint density at radius 3 is 2.60 bits per heavy atom. The Morgan fingerprint density at radius 2 is 1.93 bits per heavy atom. The number of rotatable bonds is 4. The zero-order valence-electron chi connectivity index (χ0n) is 8.90. The number of aromatic nitrogens is 3. The highest BCUT2D eigenvalue weighted by atomic mass is 15.2. The van der Waals surface area contributed by atoms with Crippen molar-refractivity contribution >= 4 is 0 Å². The van der Waals surface area contributed by atoms with Crippen molar-refractivity contribution < 1.29 is 0 Å². The van der Waals surface area contributed by atoms with E-state index in [4.69, 9.17) is 0 Å². The van der Waals surface area contributed by atoms with Crippen LogP contribution in [0.4, 0.5) is 0 Å². The maximum atomic E-state index is 4.28. The van der Waals surface area contributed by atoms with Crippen LogP contribution in [0.5, 0.6) is 0 Å². The molecule has 2 aromatic rings. The summed E-state index contributed by atoms with van der Waals surface area (Å²) in [4.78, 5) is 4.28. The molecule has 1 heterocycles. The maximum absolute atomic E-state index is 4.28. The van der Waals surface area contributed by atoms with Gasteiger partial charge in [-0.25, -0.2) is 4.98 Å². The summed E-state index contributed by atoms with van der Waals surface area (Å²) in [5.74, 6) is 1.81. The van der Waals surface area contributed by atoms with Crippen molar-refractivity contribution in [3.63, 3.8) is 0 Å². The van der Waals surface area contributed by atoms with Gasteiger partial charge in [-0.15, -0.1) is 0 Å². The number of H-pyrrole nitrogens is 1. The number of nitrogens with zero attached hydrogens (tertiary/aromatic N) is 2. The van der Waals surface area contributed by atoms with Crippen molar-refractivity contribution in [1.29, 1.82) is 0 Å². The van der Waals surface area contributed by atoms with Crippen molar-refractivity contribution in [1.82, 2.24) is 15.2 Å². The first-order valence-corrected chi connectivity index (χ1v) is 5.26. The van der Waals surface area contributed by atoms with E-state index in [9.17, 15) is 0 Å². The molecule has 0 atom stereocenters. The highest BCUT2D eigenvalue weighted by molar-refractivity contribution is 5.14. The molecule has 0 radical (unpaired) electrons. The smallest absolute Gasteiger partial charge is 0.150 e. The van der Waals surface area contributed by atoms with Crippen LogP contribution in [0.15, 0.2) is 30.3 Å². The molecule has 3 nitrogen and oxygen atoms in total. The normalized spacial score (nSPS) is 10.5. The molecule has 0 unspecified atom stereocenters. The zero-order valence-corrected chi connectivity index (χ0v) is 8.90. The lowest BCUT2D eigenvalue weighted by Crippen LogP contribution is -1.92. The van der Waals surface area contributed by atoms with E-state index in [0.717, 1.165) is 30.9 Å². The Labute approximate surface area is 89.6 Å². The van der Waals surface area contributed by atoms with E-state index in [1.54, 1.807) is 0 Å². The molecule has 0 saturated heterocycles. The summed E-state index contributed by atoms with van der Waals surface area (Å²) in [6.45, 7) is 1.92. The fourth-order valence-corrected chi connectivity index (χ4v) is 1.60. The summed E-state index contributed by atoms with van der Waals surface area (Å²) in [6.07, 6.45) is 3.13. The summed E-state index contributed by atoms with van der Waals surface area (Å²) >= 11 is 0. The quantitative estimate of drug-likeness (QED) is 0.824. The first kappa shape index (κ1) is 9.90. The molecule has 2 rings (SSSR count). The van der Waals surface area contributed by atoms with Crippen molar-refractivity contribution in [2.24, 2.45) is 0 Å². The van der Waals surface area contributed by atoms with E-state index in [2.05, 4.69) is 39.4 Å². The van der Waals surface area contributed by atoms with Gasteiger partial charge in [0.1, 0.15) is 5.82 Å². The van der Waals surface area contributed by atoms with Gasteiger partial charge in [-0.3, -0.25) is 5.10 Å². The van der Waals surface area contributed by atoms with E-state index in [-0.39, 0.29) is 0 Å². The highest BCUT2D eigenvalue weighted by Crippen LogP contribution is 2.05. The van der Waals surface area contributed by atoms with Gasteiger partial charge in [0.05, 0.1) is 0 Å². The number of hydrogen-bond donors (Lipinski definition) is 1. The van der Waals surface area contributed by atoms with E-state index >= 15 is 0 Å². The molecular weight excluding hydrogens is 186 g/mol. The van der Waals surface area contributed by atoms with Crippen molar-refractivity contribution in [2.75, 3.05) is 0 Å². The van der Waals surface area contributed by atoms with Gasteiger partial charge in [0.25, 0.3) is 0 Å². The molecule has 3 heteroatoms. The van der Waals surface area contributed by atoms with Crippen molar-refractivity contribution in [2.45, 2.75) is 26.2 Å². The molecule has 15 heavy (non-hydrogen) atoms. The predicted molar refractivity (Wildman–Crippen MR) is 59.6 cm³/mol. The fraction of sp³-hybridized carbons (Fsp3) is 0.333. The van der Waals surface area contributed by atoms with Crippen LogP contribution in [-0.2, 0) is 12.8 Å². The number of aromatic amines is 1. The Hall–Kier alpha value is -1.64. The van der Waals surface area contributed by atoms with E-state index in [0.29, 0.717) is 0 Å². The van der Waals surface area contributed by atoms with Gasteiger partial charge < -0.3 is 0 Å². The third kappa shape index (κ3) is 2.91. The standard InChI is InChI=1S/C12H15N3/c1-10-13-12(15-14-10)9-5-8-11-6-3-2-4-7-11/h2-4,6-7H,5,8-9H2,1H3,(H,13,14,15). The molecule has 0 fully saturated rings. The van der Waals surface area contributed by atoms with E-state index < -0.39 is 0 Å². The Balaban J connectivity index is 1.80. The van der Waals surface area contributed by atoms with Crippen LogP contribution in [0.1, 0.15) is 23.6 Å². The van der Waals surface area contributed by atoms with Gasteiger partial charge in [-0.1, -0.05) is 30.3 Å². The van der Waals surface area contributed by atoms with Crippen molar-refractivity contribution in [3.05, 3.63) is 47.5 Å². The number of aryl methyl sites for hydroxylation is 3. The van der Waals surface area contributed by atoms with Gasteiger partial charge in [0.15, 0.2) is 5.82 Å². The number of hydrogen-bond acceptors (Lipinski definition) is 2. The molecule has 1 aromatic carbocycles. The van der Waals surface area contributed by atoms with Gasteiger partial charge in [0, 0.05) is 6.42 Å². The lowest BCUT2D eigenvalue weighted by atomic mass is 10.1. The molecule has 1 N–H and O–H groups in total. The second-order valence-corrected chi connectivity index (χ2v) is 3.68. The third-order valence-corrected chi connectivity index (χ3v) is 2.35. The van der Waals surface area contributed by atoms with Crippen LogP contribution >= 0.6 is 0 Å². The lowest BCUT2D eigenvalue weighted by Gasteiger charge is -1.98. The molecule has 0 saturated carbocycles. The number of nitrogens with one attached hydrogen (secondary N) is 1. The summed E-state index contributed by atoms with van der Waals surface area (Å²) in [5.41, 5.74) is 1.38. The highest BCUT2D eigenvalue weighted by Gasteiger charge is 1.99. The van der Waals surface area contributed by atoms with Crippen molar-refractivity contribution in [3.8, 4) is 0 Å². The van der Waals surface area contributed by atoms with Gasteiger partial charge in [-0.2, -0.15) is 5.10 Å². The molecule has 78 valence electrons. The van der Waals surface area contributed by atoms with Crippen LogP contribution in [0.3, 0.4) is 0 Å². The van der Waals surface area contributed by atoms with Crippen LogP contribution in [0, 0.1) is 6.92 Å². The molecule has 0 bridgehead atoms. The average molecular weight is 201 g/mol. The first-order chi connectivity index (χ1) is 7.34. The molecule has 0 aliphatic heterocycles. The molecule has 0 aliphatic rings. The fourth-order valence-electron chi connectivity index (χ4n) is 1.60. The minimum atomic E-state index is 0.893. The minimum absolute atomic E-state index is 0.893. The largest absolute Gasteiger partial charge is 0.263 e. The SMILES string of the molecule is Cc1nc(CCCc2ccccc2)n[nH]1. The van der Waals surface area contributed by atoms with Gasteiger partial charge >= 0.3 is 0 Å². The first-order valence-electron chi connectivity index (χ1n) is 5.26. The maximum Gasteiger partial charge on any atom is 0.150 e. The Kier molecular flexibility index (Phi) is 3.12. The summed E-state index contributed by atoms with van der Waals surface area (Å²) in [5, 5.41) is 6.97. The lowest BCUT2D eigenvalue weighted by molar-refractivity contribution is 0.775. The van der Waals surface area contributed by atoms with Crippen LogP contribution in [0.2, 0.25) is 0 Å². The van der Waals surface area contributed by atoms with Crippen LogP contribution < -0.4 is 0 Å². The monoisotopic (exact) mass is 201 g/mol. The third-order valence-electron chi connectivity index (χ3n) is 2.35. The summed E-state index contributed by atoms with van der Waals surface area (Å²) in [6, 6.07) is 10.5. The molecule has 0 spiro atoms. The second-order valence-electron chi connectivity index (χ2n) is 3.68. The van der Waals surface area contributed by atoms with Crippen LogP contribution in [-0.4, -0.2) is 15.2 Å². The second kappa shape index (κ2) is 4.73. The molecule has 1 aromatic heterocycles. The van der Waals surface area contributed by atoms with Gasteiger partial charge in [-0.05, 0) is 25.3 Å². The Morgan fingerprint density at radius 1 is 1.13 bits per heavy atom. The Bertz CT molecular complexity index is 406. The number of benzene rings is 1. The topological polar surface area (TPSA) is 41.6 Å². The van der Waals surface area contributed by atoms with Crippen LogP contribution in [0.25, 0.3) is 0 Å². The summed E-state index contributed by atoms with van der Waals surface area (Å²) in [7, 11) is 0. The van der Waals surface area contributed by atoms with E-state index in [1.165, 1.54) is 5.56 Å². The molecule has 0 amide bonds. The molecular formula is C12H15N3.